The van der Waals surface area contributed by atoms with Crippen LogP contribution in [0.25, 0.3) is 11.1 Å². The third-order valence-electron chi connectivity index (χ3n) is 6.38. The second-order valence-corrected chi connectivity index (χ2v) is 8.42. The summed E-state index contributed by atoms with van der Waals surface area (Å²) >= 11 is 0. The third kappa shape index (κ3) is 3.72. The predicted molar refractivity (Wildman–Crippen MR) is 108 cm³/mol. The molecule has 0 spiro atoms. The van der Waals surface area contributed by atoms with Crippen molar-refractivity contribution in [1.82, 2.24) is 4.98 Å². The fourth-order valence-corrected chi connectivity index (χ4v) is 4.74. The molecule has 3 aromatic rings. The normalized spacial score (nSPS) is 20.6. The Morgan fingerprint density at radius 1 is 1.09 bits per heavy atom. The van der Waals surface area contributed by atoms with Gasteiger partial charge in [0.05, 0.1) is 11.5 Å². The van der Waals surface area contributed by atoms with E-state index in [0.29, 0.717) is 12.5 Å². The standard InChI is InChI=1S/C24H16F5NO4/c25-18-7-17(24(27,28)29)14(13-2-1-12(31)6-19(13)26)4-11(18)9-34-20-5-10-3-15-21(16(10)8-30-20)22(15)23(32)33/h1-2,4-8,15,21-22,31H,3,9H2,(H,32,33). The molecule has 5 rings (SSSR count). The molecule has 2 aliphatic carbocycles. The van der Waals surface area contributed by atoms with E-state index in [9.17, 15) is 37.0 Å². The summed E-state index contributed by atoms with van der Waals surface area (Å²) < 4.78 is 75.0. The molecule has 1 saturated carbocycles. The highest BCUT2D eigenvalue weighted by Gasteiger charge is 2.59. The Labute approximate surface area is 189 Å². The molecule has 2 aromatic carbocycles. The Kier molecular flexibility index (Phi) is 5.00. The van der Waals surface area contributed by atoms with E-state index < -0.39 is 58.7 Å². The van der Waals surface area contributed by atoms with Crippen molar-refractivity contribution >= 4 is 5.97 Å². The van der Waals surface area contributed by atoms with E-state index in [0.717, 1.165) is 29.3 Å². The highest BCUT2D eigenvalue weighted by Crippen LogP contribution is 2.61. The summed E-state index contributed by atoms with van der Waals surface area (Å²) in [5, 5.41) is 18.6. The van der Waals surface area contributed by atoms with Crippen molar-refractivity contribution in [3.63, 3.8) is 0 Å². The number of phenols is 1. The maximum absolute atomic E-state index is 14.5. The zero-order valence-electron chi connectivity index (χ0n) is 17.2. The van der Waals surface area contributed by atoms with Crippen LogP contribution in [0.4, 0.5) is 22.0 Å². The zero-order valence-corrected chi connectivity index (χ0v) is 17.2. The van der Waals surface area contributed by atoms with Crippen molar-refractivity contribution in [2.45, 2.75) is 25.1 Å². The van der Waals surface area contributed by atoms with E-state index in [4.69, 9.17) is 4.74 Å². The Morgan fingerprint density at radius 3 is 2.53 bits per heavy atom. The number of alkyl halides is 3. The molecule has 1 aromatic heterocycles. The molecule has 5 nitrogen and oxygen atoms in total. The fourth-order valence-electron chi connectivity index (χ4n) is 4.74. The lowest BCUT2D eigenvalue weighted by Gasteiger charge is -2.17. The van der Waals surface area contributed by atoms with Gasteiger partial charge in [0.2, 0.25) is 5.88 Å². The van der Waals surface area contributed by atoms with Gasteiger partial charge < -0.3 is 14.9 Å². The summed E-state index contributed by atoms with van der Waals surface area (Å²) in [7, 11) is 0. The molecule has 2 N–H and O–H groups in total. The summed E-state index contributed by atoms with van der Waals surface area (Å²) in [5.74, 6) is -3.95. The van der Waals surface area contributed by atoms with E-state index in [1.54, 1.807) is 6.07 Å². The van der Waals surface area contributed by atoms with Crippen molar-refractivity contribution in [1.29, 1.82) is 0 Å². The second-order valence-electron chi connectivity index (χ2n) is 8.42. The minimum absolute atomic E-state index is 0.0136. The first-order chi connectivity index (χ1) is 16.0. The van der Waals surface area contributed by atoms with Crippen LogP contribution in [0.3, 0.4) is 0 Å². The van der Waals surface area contributed by atoms with Gasteiger partial charge in [0.25, 0.3) is 0 Å². The molecular weight excluding hydrogens is 461 g/mol. The highest BCUT2D eigenvalue weighted by molar-refractivity contribution is 5.77. The average Bonchev–Trinajstić information content (AvgIpc) is 3.35. The van der Waals surface area contributed by atoms with Gasteiger partial charge >= 0.3 is 12.1 Å². The maximum atomic E-state index is 14.5. The van der Waals surface area contributed by atoms with Crippen molar-refractivity contribution < 1.29 is 41.7 Å². The fraction of sp³-hybridized carbons (Fsp3) is 0.250. The number of pyridine rings is 1. The molecule has 10 heteroatoms. The second kappa shape index (κ2) is 7.68. The molecule has 1 fully saturated rings. The molecule has 1 heterocycles. The summed E-state index contributed by atoms with van der Waals surface area (Å²) in [6.07, 6.45) is -2.89. The molecule has 0 radical (unpaired) electrons. The van der Waals surface area contributed by atoms with Gasteiger partial charge in [-0.1, -0.05) is 0 Å². The van der Waals surface area contributed by atoms with Crippen LogP contribution in [-0.2, 0) is 24.0 Å². The Morgan fingerprint density at radius 2 is 1.85 bits per heavy atom. The molecule has 0 bridgehead atoms. The number of ether oxygens (including phenoxy) is 1. The smallest absolute Gasteiger partial charge is 0.417 e. The van der Waals surface area contributed by atoms with Crippen LogP contribution in [0.1, 0.15) is 28.2 Å². The molecular formula is C24H16F5NO4. The lowest BCUT2D eigenvalue weighted by Crippen LogP contribution is -2.11. The number of fused-ring (bicyclic) bond motifs is 3. The number of benzene rings is 2. The topological polar surface area (TPSA) is 79.7 Å². The quantitative estimate of drug-likeness (QED) is 0.488. The molecule has 2 aliphatic rings. The number of carbonyl (C=O) groups is 1. The molecule has 0 amide bonds. The van der Waals surface area contributed by atoms with Crippen molar-refractivity contribution in [3.8, 4) is 22.8 Å². The van der Waals surface area contributed by atoms with E-state index in [1.807, 2.05) is 0 Å². The van der Waals surface area contributed by atoms with E-state index in [-0.39, 0.29) is 29.3 Å². The molecule has 0 saturated heterocycles. The number of aromatic nitrogens is 1. The average molecular weight is 477 g/mol. The highest BCUT2D eigenvalue weighted by atomic mass is 19.4. The first kappa shape index (κ1) is 22.1. The SMILES string of the molecule is O=C(O)C1C2Cc3cc(OCc4cc(-c5ccc(O)cc5F)c(C(F)(F)F)cc4F)ncc3C21. The zero-order chi connectivity index (χ0) is 24.4. The Balaban J connectivity index is 1.42. The summed E-state index contributed by atoms with van der Waals surface area (Å²) in [6, 6.07) is 5.46. The number of aliphatic carboxylic acids is 1. The number of rotatable bonds is 5. The van der Waals surface area contributed by atoms with Crippen LogP contribution < -0.4 is 4.74 Å². The summed E-state index contributed by atoms with van der Waals surface area (Å²) in [5.41, 5.74) is -0.943. The third-order valence-corrected chi connectivity index (χ3v) is 6.38. The summed E-state index contributed by atoms with van der Waals surface area (Å²) in [4.78, 5) is 15.3. The first-order valence-electron chi connectivity index (χ1n) is 10.3. The van der Waals surface area contributed by atoms with Crippen LogP contribution in [0.2, 0.25) is 0 Å². The van der Waals surface area contributed by atoms with E-state index >= 15 is 0 Å². The van der Waals surface area contributed by atoms with Crippen LogP contribution in [-0.4, -0.2) is 21.2 Å². The van der Waals surface area contributed by atoms with E-state index in [2.05, 4.69) is 4.98 Å². The molecule has 3 unspecified atom stereocenters. The number of nitrogens with zero attached hydrogens (tertiary/aromatic N) is 1. The number of aromatic hydroxyl groups is 1. The van der Waals surface area contributed by atoms with Gasteiger partial charge in [0.1, 0.15) is 24.0 Å². The van der Waals surface area contributed by atoms with Gasteiger partial charge in [-0.05, 0) is 53.3 Å². The number of phenolic OH excluding ortho intramolecular Hbond substituents is 1. The lowest BCUT2D eigenvalue weighted by molar-refractivity contribution is -0.139. The molecule has 34 heavy (non-hydrogen) atoms. The van der Waals surface area contributed by atoms with Gasteiger partial charge in [-0.25, -0.2) is 13.8 Å². The number of halogens is 5. The first-order valence-corrected chi connectivity index (χ1v) is 10.3. The van der Waals surface area contributed by atoms with Gasteiger partial charge in [-0.3, -0.25) is 4.79 Å². The Bertz CT molecular complexity index is 1320. The van der Waals surface area contributed by atoms with Gasteiger partial charge in [0.15, 0.2) is 0 Å². The van der Waals surface area contributed by atoms with Crippen LogP contribution >= 0.6 is 0 Å². The van der Waals surface area contributed by atoms with Crippen molar-refractivity contribution in [2.24, 2.45) is 11.8 Å². The van der Waals surface area contributed by atoms with Gasteiger partial charge in [-0.2, -0.15) is 13.2 Å². The number of hydrogen-bond acceptors (Lipinski definition) is 4. The predicted octanol–water partition coefficient (Wildman–Crippen LogP) is 5.30. The van der Waals surface area contributed by atoms with E-state index in [1.165, 1.54) is 6.20 Å². The molecule has 3 atom stereocenters. The number of carboxylic acids is 1. The lowest BCUT2D eigenvalue weighted by atomic mass is 9.96. The van der Waals surface area contributed by atoms with Crippen molar-refractivity contribution in [3.05, 3.63) is 76.5 Å². The van der Waals surface area contributed by atoms with Crippen LogP contribution in [0, 0.1) is 23.5 Å². The molecule has 0 aliphatic heterocycles. The number of carboxylic acid groups (broad SMARTS) is 1. The molecule has 176 valence electrons. The summed E-state index contributed by atoms with van der Waals surface area (Å²) in [6.45, 7) is -0.465. The maximum Gasteiger partial charge on any atom is 0.417 e. The Hall–Kier alpha value is -3.69. The van der Waals surface area contributed by atoms with Crippen LogP contribution in [0.5, 0.6) is 11.6 Å². The monoisotopic (exact) mass is 477 g/mol. The van der Waals surface area contributed by atoms with Crippen molar-refractivity contribution in [2.75, 3.05) is 0 Å². The van der Waals surface area contributed by atoms with Crippen LogP contribution in [0.15, 0.2) is 42.6 Å². The minimum atomic E-state index is -4.95. The minimum Gasteiger partial charge on any atom is -0.508 e. The van der Waals surface area contributed by atoms with Gasteiger partial charge in [0, 0.05) is 35.4 Å². The largest absolute Gasteiger partial charge is 0.508 e. The van der Waals surface area contributed by atoms with Gasteiger partial charge in [-0.15, -0.1) is 0 Å². The number of hydrogen-bond donors (Lipinski definition) is 2.